The molecular weight excluding hydrogens is 588 g/mol. The molecule has 0 amide bonds. The van der Waals surface area contributed by atoms with Gasteiger partial charge in [0.2, 0.25) is 0 Å². The first-order valence-corrected chi connectivity index (χ1v) is 15.2. The average Bonchev–Trinajstić information content (AvgIpc) is 3.08. The van der Waals surface area contributed by atoms with Crippen molar-refractivity contribution in [3.63, 3.8) is 0 Å². The van der Waals surface area contributed by atoms with E-state index in [4.69, 9.17) is 23.7 Å². The summed E-state index contributed by atoms with van der Waals surface area (Å²) < 4.78 is 29.1. The number of ether oxygens (including phenoxy) is 5. The molecule has 9 heteroatoms. The molecule has 0 aliphatic carbocycles. The lowest BCUT2D eigenvalue weighted by Crippen LogP contribution is -2.39. The monoisotopic (exact) mass is 628 g/mol. The van der Waals surface area contributed by atoms with Crippen LogP contribution >= 0.6 is 0 Å². The third-order valence-electron chi connectivity index (χ3n) is 7.09. The highest BCUT2D eigenvalue weighted by Gasteiger charge is 2.35. The van der Waals surface area contributed by atoms with Gasteiger partial charge in [-0.3, -0.25) is 0 Å². The fourth-order valence-electron chi connectivity index (χ4n) is 4.82. The summed E-state index contributed by atoms with van der Waals surface area (Å²) in [4.78, 5) is 25.9. The van der Waals surface area contributed by atoms with E-state index in [1.807, 2.05) is 91.0 Å². The number of carbonyl (C=O) groups is 2. The lowest BCUT2D eigenvalue weighted by atomic mass is 9.95. The topological polar surface area (TPSA) is 121 Å². The summed E-state index contributed by atoms with van der Waals surface area (Å²) in [6.07, 6.45) is -3.30. The minimum Gasteiger partial charge on any atom is -0.506 e. The number of aliphatic hydroxyl groups is 1. The van der Waals surface area contributed by atoms with Crippen molar-refractivity contribution in [1.82, 2.24) is 0 Å². The SMILES string of the molecule is CCOC(=O)c1cc([C@@H](OCc2ccccc2)[C@@H](OCc2ccccc2)[C@H](O)COCc2ccccc2)cc(C(=O)OCC)c1O. The van der Waals surface area contributed by atoms with Crippen molar-refractivity contribution in [1.29, 1.82) is 0 Å². The second-order valence-electron chi connectivity index (χ2n) is 10.5. The molecule has 0 bridgehead atoms. The molecule has 0 saturated heterocycles. The van der Waals surface area contributed by atoms with Crippen molar-refractivity contribution in [3.05, 3.63) is 137 Å². The summed E-state index contributed by atoms with van der Waals surface area (Å²) >= 11 is 0. The number of hydrogen-bond donors (Lipinski definition) is 2. The molecule has 0 saturated carbocycles. The molecule has 46 heavy (non-hydrogen) atoms. The standard InChI is InChI=1S/C37H40O9/c1-3-43-36(40)30-20-29(21-31(33(30)39)37(41)44-4-2)34(45-23-27-16-10-6-11-17-27)35(46-24-28-18-12-7-13-19-28)32(38)25-42-22-26-14-8-5-9-15-26/h5-21,32,34-35,38-39H,3-4,22-25H2,1-2H3/t32-,34-,35+/m1/s1. The Bertz CT molecular complexity index is 1470. The van der Waals surface area contributed by atoms with Gasteiger partial charge in [0, 0.05) is 0 Å². The van der Waals surface area contributed by atoms with E-state index in [9.17, 15) is 19.8 Å². The van der Waals surface area contributed by atoms with Crippen molar-refractivity contribution in [2.45, 2.75) is 52.0 Å². The predicted octanol–water partition coefficient (Wildman–Crippen LogP) is 6.17. The van der Waals surface area contributed by atoms with Crippen LogP contribution in [-0.4, -0.2) is 54.2 Å². The maximum Gasteiger partial charge on any atom is 0.341 e. The van der Waals surface area contributed by atoms with Crippen LogP contribution in [0.15, 0.2) is 103 Å². The zero-order chi connectivity index (χ0) is 32.7. The fraction of sp³-hybridized carbons (Fsp3) is 0.297. The molecule has 0 fully saturated rings. The number of benzene rings is 4. The Labute approximate surface area is 269 Å². The molecule has 4 aromatic carbocycles. The minimum absolute atomic E-state index is 0.0471. The second-order valence-corrected chi connectivity index (χ2v) is 10.5. The van der Waals surface area contributed by atoms with Gasteiger partial charge in [0.25, 0.3) is 0 Å². The zero-order valence-corrected chi connectivity index (χ0v) is 26.0. The highest BCUT2D eigenvalue weighted by Crippen LogP contribution is 2.35. The van der Waals surface area contributed by atoms with Crippen LogP contribution in [0.4, 0.5) is 0 Å². The van der Waals surface area contributed by atoms with E-state index in [2.05, 4.69) is 0 Å². The van der Waals surface area contributed by atoms with Crippen molar-refractivity contribution in [3.8, 4) is 5.75 Å². The number of aliphatic hydroxyl groups excluding tert-OH is 1. The smallest absolute Gasteiger partial charge is 0.341 e. The number of phenols is 1. The van der Waals surface area contributed by atoms with Gasteiger partial charge in [-0.05, 0) is 48.2 Å². The number of carbonyl (C=O) groups excluding carboxylic acids is 2. The van der Waals surface area contributed by atoms with Crippen LogP contribution in [0.3, 0.4) is 0 Å². The van der Waals surface area contributed by atoms with Crippen LogP contribution in [0.5, 0.6) is 5.75 Å². The molecule has 9 nitrogen and oxygen atoms in total. The summed E-state index contributed by atoms with van der Waals surface area (Å²) in [6, 6.07) is 31.2. The van der Waals surface area contributed by atoms with Crippen molar-refractivity contribution >= 4 is 11.9 Å². The average molecular weight is 629 g/mol. The van der Waals surface area contributed by atoms with Gasteiger partial charge >= 0.3 is 11.9 Å². The molecule has 0 unspecified atom stereocenters. The quantitative estimate of drug-likeness (QED) is 0.132. The molecule has 0 aromatic heterocycles. The van der Waals surface area contributed by atoms with E-state index in [-0.39, 0.29) is 50.8 Å². The summed E-state index contributed by atoms with van der Waals surface area (Å²) in [5.41, 5.74) is 2.45. The summed E-state index contributed by atoms with van der Waals surface area (Å²) in [5, 5.41) is 22.6. The van der Waals surface area contributed by atoms with E-state index >= 15 is 0 Å². The number of aromatic hydroxyl groups is 1. The molecule has 0 radical (unpaired) electrons. The third kappa shape index (κ3) is 9.73. The molecule has 4 aromatic rings. The van der Waals surface area contributed by atoms with Gasteiger partial charge < -0.3 is 33.9 Å². The molecule has 2 N–H and O–H groups in total. The molecule has 0 heterocycles. The highest BCUT2D eigenvalue weighted by atomic mass is 16.6. The summed E-state index contributed by atoms with van der Waals surface area (Å²) in [5.74, 6) is -2.23. The first kappa shape index (κ1) is 34.3. The van der Waals surface area contributed by atoms with Crippen LogP contribution in [0.25, 0.3) is 0 Å². The van der Waals surface area contributed by atoms with Crippen LogP contribution in [-0.2, 0) is 43.5 Å². The maximum atomic E-state index is 13.0. The Hall–Kier alpha value is -4.54. The minimum atomic E-state index is -1.21. The molecule has 0 spiro atoms. The van der Waals surface area contributed by atoms with E-state index in [1.165, 1.54) is 12.1 Å². The van der Waals surface area contributed by atoms with Gasteiger partial charge in [-0.25, -0.2) is 9.59 Å². The summed E-state index contributed by atoms with van der Waals surface area (Å²) in [7, 11) is 0. The van der Waals surface area contributed by atoms with Gasteiger partial charge in [0.15, 0.2) is 0 Å². The van der Waals surface area contributed by atoms with Gasteiger partial charge in [-0.1, -0.05) is 91.0 Å². The largest absolute Gasteiger partial charge is 0.506 e. The van der Waals surface area contributed by atoms with E-state index in [0.29, 0.717) is 5.56 Å². The van der Waals surface area contributed by atoms with Gasteiger partial charge in [-0.15, -0.1) is 0 Å². The normalized spacial score (nSPS) is 13.0. The zero-order valence-electron chi connectivity index (χ0n) is 26.0. The lowest BCUT2D eigenvalue weighted by molar-refractivity contribution is -0.149. The first-order chi connectivity index (χ1) is 22.4. The van der Waals surface area contributed by atoms with Gasteiger partial charge in [0.05, 0.1) is 39.6 Å². The number of rotatable bonds is 17. The lowest BCUT2D eigenvalue weighted by Gasteiger charge is -2.32. The molecule has 0 aliphatic heterocycles. The molecule has 3 atom stereocenters. The molecule has 0 aliphatic rings. The van der Waals surface area contributed by atoms with Crippen LogP contribution < -0.4 is 0 Å². The number of esters is 2. The van der Waals surface area contributed by atoms with Crippen molar-refractivity contribution < 1.29 is 43.5 Å². The highest BCUT2D eigenvalue weighted by molar-refractivity contribution is 6.00. The Balaban J connectivity index is 1.76. The number of hydrogen-bond acceptors (Lipinski definition) is 9. The van der Waals surface area contributed by atoms with E-state index < -0.39 is 36.0 Å². The fourth-order valence-corrected chi connectivity index (χ4v) is 4.82. The Morgan fingerprint density at radius 1 is 0.652 bits per heavy atom. The third-order valence-corrected chi connectivity index (χ3v) is 7.09. The second kappa shape index (κ2) is 17.8. The van der Waals surface area contributed by atoms with Crippen molar-refractivity contribution in [2.75, 3.05) is 19.8 Å². The Kier molecular flexibility index (Phi) is 13.3. The van der Waals surface area contributed by atoms with Crippen LogP contribution in [0, 0.1) is 0 Å². The van der Waals surface area contributed by atoms with Gasteiger partial charge in [-0.2, -0.15) is 0 Å². The Morgan fingerprint density at radius 2 is 1.09 bits per heavy atom. The van der Waals surface area contributed by atoms with Crippen LogP contribution in [0.1, 0.15) is 62.9 Å². The van der Waals surface area contributed by atoms with E-state index in [1.54, 1.807) is 13.8 Å². The number of phenolic OH excluding ortho intramolecular Hbond substituents is 1. The summed E-state index contributed by atoms with van der Waals surface area (Å²) in [6.45, 7) is 3.76. The Morgan fingerprint density at radius 3 is 1.54 bits per heavy atom. The molecular formula is C37H40O9. The van der Waals surface area contributed by atoms with Crippen molar-refractivity contribution in [2.24, 2.45) is 0 Å². The first-order valence-electron chi connectivity index (χ1n) is 15.2. The maximum absolute atomic E-state index is 13.0. The van der Waals surface area contributed by atoms with Gasteiger partial charge in [0.1, 0.15) is 35.2 Å². The van der Waals surface area contributed by atoms with E-state index in [0.717, 1.165) is 16.7 Å². The molecule has 4 rings (SSSR count). The predicted molar refractivity (Wildman–Crippen MR) is 171 cm³/mol. The van der Waals surface area contributed by atoms with Crippen LogP contribution in [0.2, 0.25) is 0 Å². The molecule has 242 valence electrons.